The number of rotatable bonds is 6. The molecule has 2 heterocycles. The molecule has 0 amide bonds. The van der Waals surface area contributed by atoms with Gasteiger partial charge in [-0.05, 0) is 61.7 Å². The van der Waals surface area contributed by atoms with Crippen LogP contribution in [-0.4, -0.2) is 41.7 Å². The Bertz CT molecular complexity index is 1070. The summed E-state index contributed by atoms with van der Waals surface area (Å²) in [6.07, 6.45) is 5.37. The highest BCUT2D eigenvalue weighted by molar-refractivity contribution is 5.94. The van der Waals surface area contributed by atoms with Gasteiger partial charge in [0.2, 0.25) is 0 Å². The van der Waals surface area contributed by atoms with Gasteiger partial charge in [0, 0.05) is 48.0 Å². The number of nitrogens with zero attached hydrogens (tertiary/aromatic N) is 1. The maximum Gasteiger partial charge on any atom is 0.337 e. The monoisotopic (exact) mass is 407 g/mol. The summed E-state index contributed by atoms with van der Waals surface area (Å²) in [7, 11) is 3.50. The van der Waals surface area contributed by atoms with E-state index in [4.69, 9.17) is 4.74 Å². The van der Waals surface area contributed by atoms with E-state index in [9.17, 15) is 9.90 Å². The van der Waals surface area contributed by atoms with Crippen molar-refractivity contribution in [2.45, 2.75) is 38.8 Å². The Hall–Kier alpha value is -2.99. The molecule has 0 aliphatic carbocycles. The molecule has 3 aromatic rings. The van der Waals surface area contributed by atoms with E-state index in [-0.39, 0.29) is 6.04 Å². The molecule has 1 aliphatic heterocycles. The fourth-order valence-electron chi connectivity index (χ4n) is 4.70. The molecule has 0 bridgehead atoms. The van der Waals surface area contributed by atoms with Gasteiger partial charge in [-0.25, -0.2) is 4.79 Å². The molecular weight excluding hydrogens is 378 g/mol. The van der Waals surface area contributed by atoms with Crippen molar-refractivity contribution in [2.75, 3.05) is 26.0 Å². The third-order valence-corrected chi connectivity index (χ3v) is 6.23. The van der Waals surface area contributed by atoms with Crippen LogP contribution in [0.2, 0.25) is 0 Å². The standard InChI is InChI=1S/C24H29N3O3/c1-15-12-22(30-3)19(17-9-10-26-23(15)17)14-27-11-5-4-6-21(27)16-7-8-18(24(28)29)20(13-16)25-2/h7-10,12-13,21,25-26H,4-6,11,14H2,1-3H3,(H,28,29). The minimum absolute atomic E-state index is 0.244. The Labute approximate surface area is 176 Å². The van der Waals surface area contributed by atoms with E-state index in [2.05, 4.69) is 34.3 Å². The van der Waals surface area contributed by atoms with E-state index in [0.29, 0.717) is 11.3 Å². The third kappa shape index (κ3) is 3.63. The van der Waals surface area contributed by atoms with Crippen LogP contribution in [0.1, 0.15) is 52.4 Å². The SMILES string of the molecule is CNc1cc(C2CCCCN2Cc2c(OC)cc(C)c3[nH]ccc23)ccc1C(=O)O. The number of benzene rings is 2. The quantitative estimate of drug-likeness (QED) is 0.539. The minimum atomic E-state index is -0.911. The fraction of sp³-hybridized carbons (Fsp3) is 0.375. The van der Waals surface area contributed by atoms with Crippen LogP contribution in [0.15, 0.2) is 36.5 Å². The van der Waals surface area contributed by atoms with Gasteiger partial charge in [-0.1, -0.05) is 12.5 Å². The lowest BCUT2D eigenvalue weighted by Gasteiger charge is -2.37. The molecule has 6 heteroatoms. The number of H-pyrrole nitrogens is 1. The first-order valence-electron chi connectivity index (χ1n) is 10.5. The van der Waals surface area contributed by atoms with Gasteiger partial charge in [0.15, 0.2) is 0 Å². The predicted molar refractivity (Wildman–Crippen MR) is 120 cm³/mol. The van der Waals surface area contributed by atoms with Crippen molar-refractivity contribution in [1.82, 2.24) is 9.88 Å². The number of carboxylic acids is 1. The van der Waals surface area contributed by atoms with Crippen LogP contribution in [-0.2, 0) is 6.54 Å². The molecule has 1 atom stereocenters. The second-order valence-electron chi connectivity index (χ2n) is 7.98. The van der Waals surface area contributed by atoms with E-state index in [1.54, 1.807) is 20.2 Å². The molecule has 3 N–H and O–H groups in total. The molecule has 2 aromatic carbocycles. The van der Waals surface area contributed by atoms with Crippen LogP contribution in [0.4, 0.5) is 5.69 Å². The number of aromatic amines is 1. The summed E-state index contributed by atoms with van der Waals surface area (Å²) in [6, 6.07) is 10.1. The predicted octanol–water partition coefficient (Wildman–Crippen LogP) is 4.95. The summed E-state index contributed by atoms with van der Waals surface area (Å²) in [4.78, 5) is 17.4. The summed E-state index contributed by atoms with van der Waals surface area (Å²) in [5.41, 5.74) is 5.64. The molecule has 1 saturated heterocycles. The van der Waals surface area contributed by atoms with Gasteiger partial charge >= 0.3 is 5.97 Å². The van der Waals surface area contributed by atoms with E-state index in [1.807, 2.05) is 18.3 Å². The van der Waals surface area contributed by atoms with Crippen molar-refractivity contribution in [3.63, 3.8) is 0 Å². The number of hydrogen-bond acceptors (Lipinski definition) is 4. The lowest BCUT2D eigenvalue weighted by Crippen LogP contribution is -2.33. The molecule has 1 unspecified atom stereocenters. The van der Waals surface area contributed by atoms with Crippen molar-refractivity contribution in [3.8, 4) is 5.75 Å². The fourth-order valence-corrected chi connectivity index (χ4v) is 4.70. The van der Waals surface area contributed by atoms with Crippen LogP contribution < -0.4 is 10.1 Å². The maximum absolute atomic E-state index is 11.5. The molecule has 4 rings (SSSR count). The Kier molecular flexibility index (Phi) is 5.68. The number of methoxy groups -OCH3 is 1. The summed E-state index contributed by atoms with van der Waals surface area (Å²) < 4.78 is 5.75. The molecule has 1 fully saturated rings. The molecular formula is C24H29N3O3. The number of hydrogen-bond donors (Lipinski definition) is 3. The highest BCUT2D eigenvalue weighted by Crippen LogP contribution is 2.38. The maximum atomic E-state index is 11.5. The lowest BCUT2D eigenvalue weighted by molar-refractivity contribution is 0.0698. The van der Waals surface area contributed by atoms with E-state index in [0.717, 1.165) is 42.8 Å². The summed E-state index contributed by atoms with van der Waals surface area (Å²) in [5, 5.41) is 13.7. The van der Waals surface area contributed by atoms with Gasteiger partial charge in [0.05, 0.1) is 12.7 Å². The molecule has 158 valence electrons. The zero-order valence-electron chi connectivity index (χ0n) is 17.8. The highest BCUT2D eigenvalue weighted by atomic mass is 16.5. The highest BCUT2D eigenvalue weighted by Gasteiger charge is 2.27. The normalized spacial score (nSPS) is 17.2. The lowest BCUT2D eigenvalue weighted by atomic mass is 9.92. The van der Waals surface area contributed by atoms with Crippen LogP contribution in [0, 0.1) is 6.92 Å². The Morgan fingerprint density at radius 2 is 2.13 bits per heavy atom. The van der Waals surface area contributed by atoms with Crippen molar-refractivity contribution < 1.29 is 14.6 Å². The zero-order valence-corrected chi connectivity index (χ0v) is 17.8. The molecule has 0 radical (unpaired) electrons. The van der Waals surface area contributed by atoms with Gasteiger partial charge in [-0.15, -0.1) is 0 Å². The third-order valence-electron chi connectivity index (χ3n) is 6.23. The van der Waals surface area contributed by atoms with E-state index < -0.39 is 5.97 Å². The number of piperidine rings is 1. The Balaban J connectivity index is 1.71. The van der Waals surface area contributed by atoms with Crippen molar-refractivity contribution in [2.24, 2.45) is 0 Å². The second-order valence-corrected chi connectivity index (χ2v) is 7.98. The second kappa shape index (κ2) is 8.40. The zero-order chi connectivity index (χ0) is 21.3. The average molecular weight is 408 g/mol. The molecule has 1 aromatic heterocycles. The first-order chi connectivity index (χ1) is 14.5. The number of anilines is 1. The van der Waals surface area contributed by atoms with Gasteiger partial charge in [0.25, 0.3) is 0 Å². The van der Waals surface area contributed by atoms with Crippen molar-refractivity contribution in [3.05, 3.63) is 58.8 Å². The number of fused-ring (bicyclic) bond motifs is 1. The largest absolute Gasteiger partial charge is 0.496 e. The average Bonchev–Trinajstić information content (AvgIpc) is 3.26. The number of aryl methyl sites for hydroxylation is 1. The van der Waals surface area contributed by atoms with Gasteiger partial charge in [0.1, 0.15) is 5.75 Å². The number of aromatic nitrogens is 1. The van der Waals surface area contributed by atoms with Crippen molar-refractivity contribution >= 4 is 22.6 Å². The van der Waals surface area contributed by atoms with Crippen LogP contribution in [0.25, 0.3) is 10.9 Å². The van der Waals surface area contributed by atoms with Crippen LogP contribution >= 0.6 is 0 Å². The number of carboxylic acid groups (broad SMARTS) is 1. The topological polar surface area (TPSA) is 77.6 Å². The van der Waals surface area contributed by atoms with Gasteiger partial charge in [-0.2, -0.15) is 0 Å². The smallest absolute Gasteiger partial charge is 0.337 e. The van der Waals surface area contributed by atoms with Gasteiger partial charge < -0.3 is 20.1 Å². The number of carbonyl (C=O) groups is 1. The van der Waals surface area contributed by atoms with Gasteiger partial charge in [-0.3, -0.25) is 4.90 Å². The molecule has 0 saturated carbocycles. The number of nitrogens with one attached hydrogen (secondary N) is 2. The number of aromatic carboxylic acids is 1. The summed E-state index contributed by atoms with van der Waals surface area (Å²) in [6.45, 7) is 3.89. The summed E-state index contributed by atoms with van der Waals surface area (Å²) in [5.74, 6) is 0.00621. The van der Waals surface area contributed by atoms with Crippen molar-refractivity contribution in [1.29, 1.82) is 0 Å². The number of likely N-dealkylation sites (tertiary alicyclic amines) is 1. The molecule has 1 aliphatic rings. The minimum Gasteiger partial charge on any atom is -0.496 e. The van der Waals surface area contributed by atoms with Crippen LogP contribution in [0.3, 0.4) is 0 Å². The molecule has 6 nitrogen and oxygen atoms in total. The van der Waals surface area contributed by atoms with E-state index >= 15 is 0 Å². The molecule has 0 spiro atoms. The van der Waals surface area contributed by atoms with E-state index in [1.165, 1.54) is 22.9 Å². The molecule has 30 heavy (non-hydrogen) atoms. The van der Waals surface area contributed by atoms with Crippen LogP contribution in [0.5, 0.6) is 5.75 Å². The number of ether oxygens (including phenoxy) is 1. The first kappa shape index (κ1) is 20.3. The first-order valence-corrected chi connectivity index (χ1v) is 10.5. The Morgan fingerprint density at radius 3 is 2.87 bits per heavy atom. The summed E-state index contributed by atoms with van der Waals surface area (Å²) >= 11 is 0. The Morgan fingerprint density at radius 1 is 1.30 bits per heavy atom.